The zero-order valence-electron chi connectivity index (χ0n) is 19.8. The van der Waals surface area contributed by atoms with Gasteiger partial charge < -0.3 is 29.7 Å². The molecule has 0 saturated heterocycles. The Morgan fingerprint density at radius 1 is 1.00 bits per heavy atom. The number of carbonyl (C=O) groups excluding carboxylic acids is 1. The number of carbonyl (C=O) groups is 1. The van der Waals surface area contributed by atoms with Gasteiger partial charge in [-0.25, -0.2) is 4.99 Å². The van der Waals surface area contributed by atoms with Crippen LogP contribution in [0.1, 0.15) is 24.1 Å². The first-order chi connectivity index (χ1) is 15.4. The minimum Gasteiger partial charge on any atom is -0.497 e. The summed E-state index contributed by atoms with van der Waals surface area (Å²) in [7, 11) is 8.34. The number of hydrogen-bond acceptors (Lipinski definition) is 5. The van der Waals surface area contributed by atoms with Crippen LogP contribution in [0.25, 0.3) is 0 Å². The molecule has 2 aromatic carbocycles. The van der Waals surface area contributed by atoms with E-state index in [4.69, 9.17) is 14.2 Å². The molecule has 2 rings (SSSR count). The Hall–Kier alpha value is -3.42. The lowest BCUT2D eigenvalue weighted by atomic mass is 10.1. The standard InChI is InChI=1S/C24H34N4O4/c1-17(21-15-20(31-5)11-12-22(21)32-6)27-24(26-16-23(29)28(2)3)25-14-13-18-7-9-19(30-4)10-8-18/h7-12,15,17H,13-14,16H2,1-6H3,(H2,25,26,27). The molecule has 0 aliphatic rings. The summed E-state index contributed by atoms with van der Waals surface area (Å²) in [5.41, 5.74) is 2.10. The van der Waals surface area contributed by atoms with Crippen LogP contribution in [0.5, 0.6) is 17.2 Å². The highest BCUT2D eigenvalue weighted by Crippen LogP contribution is 2.29. The van der Waals surface area contributed by atoms with Gasteiger partial charge in [-0.15, -0.1) is 0 Å². The zero-order chi connectivity index (χ0) is 23.5. The van der Waals surface area contributed by atoms with Crippen LogP contribution in [0.3, 0.4) is 0 Å². The summed E-state index contributed by atoms with van der Waals surface area (Å²) in [4.78, 5) is 18.1. The molecule has 0 fully saturated rings. The molecule has 0 saturated carbocycles. The van der Waals surface area contributed by atoms with Crippen LogP contribution >= 0.6 is 0 Å². The predicted octanol–water partition coefficient (Wildman–Crippen LogP) is 2.64. The lowest BCUT2D eigenvalue weighted by molar-refractivity contribution is -0.127. The van der Waals surface area contributed by atoms with Crippen molar-refractivity contribution in [2.45, 2.75) is 19.4 Å². The summed E-state index contributed by atoms with van der Waals surface area (Å²) >= 11 is 0. The third kappa shape index (κ3) is 7.37. The zero-order valence-corrected chi connectivity index (χ0v) is 19.8. The van der Waals surface area contributed by atoms with Gasteiger partial charge in [0.2, 0.25) is 5.91 Å². The normalized spacial score (nSPS) is 12.0. The maximum absolute atomic E-state index is 12.1. The molecule has 1 atom stereocenters. The minimum absolute atomic E-state index is 0.0484. The van der Waals surface area contributed by atoms with E-state index in [-0.39, 0.29) is 18.5 Å². The first kappa shape index (κ1) is 24.8. The van der Waals surface area contributed by atoms with E-state index in [1.807, 2.05) is 49.4 Å². The van der Waals surface area contributed by atoms with Crippen LogP contribution < -0.4 is 24.8 Å². The van der Waals surface area contributed by atoms with Crippen molar-refractivity contribution in [3.63, 3.8) is 0 Å². The Morgan fingerprint density at radius 2 is 1.66 bits per heavy atom. The van der Waals surface area contributed by atoms with Crippen molar-refractivity contribution in [1.29, 1.82) is 0 Å². The van der Waals surface area contributed by atoms with Gasteiger partial charge in [0.05, 0.1) is 27.4 Å². The number of methoxy groups -OCH3 is 3. The largest absolute Gasteiger partial charge is 0.497 e. The van der Waals surface area contributed by atoms with E-state index in [1.165, 1.54) is 10.5 Å². The number of likely N-dealkylation sites (N-methyl/N-ethyl adjacent to an activating group) is 1. The van der Waals surface area contributed by atoms with Crippen molar-refractivity contribution < 1.29 is 19.0 Å². The molecule has 0 bridgehead atoms. The fourth-order valence-electron chi connectivity index (χ4n) is 3.02. The highest BCUT2D eigenvalue weighted by atomic mass is 16.5. The van der Waals surface area contributed by atoms with Crippen molar-refractivity contribution in [2.75, 3.05) is 48.5 Å². The lowest BCUT2D eigenvalue weighted by Gasteiger charge is -2.21. The highest BCUT2D eigenvalue weighted by Gasteiger charge is 2.15. The second-order valence-corrected chi connectivity index (χ2v) is 7.45. The Labute approximate surface area is 190 Å². The van der Waals surface area contributed by atoms with Crippen molar-refractivity contribution in [1.82, 2.24) is 15.5 Å². The minimum atomic E-state index is -0.137. The second-order valence-electron chi connectivity index (χ2n) is 7.45. The average molecular weight is 443 g/mol. The first-order valence-corrected chi connectivity index (χ1v) is 10.5. The van der Waals surface area contributed by atoms with Gasteiger partial charge in [0.25, 0.3) is 0 Å². The number of nitrogens with one attached hydrogen (secondary N) is 2. The molecular weight excluding hydrogens is 408 g/mol. The molecule has 0 radical (unpaired) electrons. The molecule has 174 valence electrons. The number of ether oxygens (including phenoxy) is 3. The summed E-state index contributed by atoms with van der Waals surface area (Å²) < 4.78 is 16.1. The summed E-state index contributed by atoms with van der Waals surface area (Å²) in [6.45, 7) is 2.70. The van der Waals surface area contributed by atoms with E-state index in [0.717, 1.165) is 29.2 Å². The van der Waals surface area contributed by atoms with Crippen molar-refractivity contribution in [3.05, 3.63) is 53.6 Å². The number of rotatable bonds is 10. The van der Waals surface area contributed by atoms with Crippen LogP contribution in [-0.2, 0) is 11.2 Å². The van der Waals surface area contributed by atoms with Crippen LogP contribution in [-0.4, -0.2) is 65.3 Å². The number of amides is 1. The topological polar surface area (TPSA) is 84.4 Å². The lowest BCUT2D eigenvalue weighted by Crippen LogP contribution is -2.40. The molecule has 0 aliphatic heterocycles. The third-order valence-corrected chi connectivity index (χ3v) is 4.99. The molecule has 2 N–H and O–H groups in total. The monoisotopic (exact) mass is 442 g/mol. The average Bonchev–Trinajstić information content (AvgIpc) is 2.81. The predicted molar refractivity (Wildman–Crippen MR) is 127 cm³/mol. The quantitative estimate of drug-likeness (QED) is 0.435. The molecule has 1 unspecified atom stereocenters. The van der Waals surface area contributed by atoms with Crippen LogP contribution in [0, 0.1) is 0 Å². The smallest absolute Gasteiger partial charge is 0.243 e. The highest BCUT2D eigenvalue weighted by molar-refractivity contribution is 5.85. The first-order valence-electron chi connectivity index (χ1n) is 10.5. The molecule has 0 heterocycles. The van der Waals surface area contributed by atoms with Crippen LogP contribution in [0.4, 0.5) is 0 Å². The number of nitrogens with zero attached hydrogens (tertiary/aromatic N) is 2. The van der Waals surface area contributed by atoms with Gasteiger partial charge in [-0.3, -0.25) is 4.79 Å². The Bertz CT molecular complexity index is 897. The Balaban J connectivity index is 2.11. The third-order valence-electron chi connectivity index (χ3n) is 4.99. The van der Waals surface area contributed by atoms with Gasteiger partial charge in [0.1, 0.15) is 23.8 Å². The van der Waals surface area contributed by atoms with Gasteiger partial charge in [0, 0.05) is 26.2 Å². The van der Waals surface area contributed by atoms with E-state index < -0.39 is 0 Å². The van der Waals surface area contributed by atoms with Gasteiger partial charge in [-0.1, -0.05) is 12.1 Å². The number of hydrogen-bond donors (Lipinski definition) is 2. The van der Waals surface area contributed by atoms with Gasteiger partial charge in [-0.2, -0.15) is 0 Å². The molecule has 32 heavy (non-hydrogen) atoms. The van der Waals surface area contributed by atoms with E-state index in [9.17, 15) is 4.79 Å². The van der Waals surface area contributed by atoms with Crippen LogP contribution in [0.2, 0.25) is 0 Å². The van der Waals surface area contributed by atoms with Crippen molar-refractivity contribution in [3.8, 4) is 17.2 Å². The maximum Gasteiger partial charge on any atom is 0.243 e. The SMILES string of the molecule is COc1ccc(CCNC(=NCC(=O)N(C)C)NC(C)c2cc(OC)ccc2OC)cc1. The number of benzene rings is 2. The second kappa shape index (κ2) is 12.4. The molecule has 8 nitrogen and oxygen atoms in total. The van der Waals surface area contributed by atoms with Crippen LogP contribution in [0.15, 0.2) is 47.5 Å². The van der Waals surface area contributed by atoms with Crippen molar-refractivity contribution in [2.24, 2.45) is 4.99 Å². The summed E-state index contributed by atoms with van der Waals surface area (Å²) in [5, 5.41) is 6.69. The van der Waals surface area contributed by atoms with E-state index in [2.05, 4.69) is 15.6 Å². The molecule has 1 amide bonds. The number of guanidine groups is 1. The fraction of sp³-hybridized carbons (Fsp3) is 0.417. The fourth-order valence-corrected chi connectivity index (χ4v) is 3.02. The Morgan fingerprint density at radius 3 is 2.25 bits per heavy atom. The molecule has 8 heteroatoms. The van der Waals surface area contributed by atoms with Gasteiger partial charge >= 0.3 is 0 Å². The molecule has 2 aromatic rings. The summed E-state index contributed by atoms with van der Waals surface area (Å²) in [6.07, 6.45) is 0.795. The molecular formula is C24H34N4O4. The van der Waals surface area contributed by atoms with E-state index in [1.54, 1.807) is 35.4 Å². The van der Waals surface area contributed by atoms with Gasteiger partial charge in [0.15, 0.2) is 5.96 Å². The van der Waals surface area contributed by atoms with E-state index in [0.29, 0.717) is 12.5 Å². The van der Waals surface area contributed by atoms with Crippen molar-refractivity contribution >= 4 is 11.9 Å². The summed E-state index contributed by atoms with van der Waals surface area (Å²) in [6, 6.07) is 13.5. The maximum atomic E-state index is 12.1. The molecule has 0 aliphatic carbocycles. The Kier molecular flexibility index (Phi) is 9.66. The number of aliphatic imine (C=N–C) groups is 1. The van der Waals surface area contributed by atoms with E-state index >= 15 is 0 Å². The molecule has 0 aromatic heterocycles. The van der Waals surface area contributed by atoms with Gasteiger partial charge in [-0.05, 0) is 49.2 Å². The summed E-state index contributed by atoms with van der Waals surface area (Å²) in [5.74, 6) is 2.78. The molecule has 0 spiro atoms.